The van der Waals surface area contributed by atoms with Crippen molar-refractivity contribution in [2.45, 2.75) is 30.5 Å². The van der Waals surface area contributed by atoms with Gasteiger partial charge in [0.15, 0.2) is 0 Å². The van der Waals surface area contributed by atoms with Crippen LogP contribution < -0.4 is 26.5 Å². The highest BCUT2D eigenvalue weighted by atomic mass is 16.6. The lowest BCUT2D eigenvalue weighted by Crippen LogP contribution is -2.38. The van der Waals surface area contributed by atoms with Gasteiger partial charge in [-0.2, -0.15) is 0 Å². The quantitative estimate of drug-likeness (QED) is 0.202. The minimum Gasteiger partial charge on any atom is -0.497 e. The summed E-state index contributed by atoms with van der Waals surface area (Å²) in [6.07, 6.45) is -1.16. The van der Waals surface area contributed by atoms with Gasteiger partial charge in [-0.25, -0.2) is 4.79 Å². The molecule has 5 rings (SSSR count). The first-order valence-electron chi connectivity index (χ1n) is 13.8. The van der Waals surface area contributed by atoms with Crippen LogP contribution in [-0.2, 0) is 15.1 Å². The summed E-state index contributed by atoms with van der Waals surface area (Å²) in [6.45, 7) is 0.0325. The number of H-pyrrole nitrogens is 1. The van der Waals surface area contributed by atoms with E-state index < -0.39 is 35.3 Å². The lowest BCUT2D eigenvalue weighted by atomic mass is 9.80. The molecule has 0 aliphatic carbocycles. The average molecular weight is 584 g/mol. The van der Waals surface area contributed by atoms with Crippen LogP contribution in [0.2, 0.25) is 0 Å². The molecular formula is C33H33N3O7. The molecule has 1 aliphatic heterocycles. The monoisotopic (exact) mass is 583 g/mol. The molecule has 1 saturated heterocycles. The number of nitrogens with one attached hydrogen (secondary N) is 1. The molecule has 1 aromatic heterocycles. The summed E-state index contributed by atoms with van der Waals surface area (Å²) in [4.78, 5) is 27.1. The molecule has 0 radical (unpaired) electrons. The number of aliphatic hydroxyl groups is 1. The Hall–Kier alpha value is -4.66. The van der Waals surface area contributed by atoms with Crippen LogP contribution in [0.3, 0.4) is 0 Å². The number of methoxy groups -OCH3 is 2. The fraction of sp³-hybridized carbons (Fsp3) is 0.273. The van der Waals surface area contributed by atoms with E-state index >= 15 is 0 Å². The number of aromatic nitrogens is 2. The molecule has 4 N–H and O–H groups in total. The van der Waals surface area contributed by atoms with E-state index in [-0.39, 0.29) is 25.1 Å². The summed E-state index contributed by atoms with van der Waals surface area (Å²) in [5, 5.41) is 11.1. The van der Waals surface area contributed by atoms with Gasteiger partial charge in [-0.05, 0) is 41.0 Å². The van der Waals surface area contributed by atoms with Crippen molar-refractivity contribution in [1.82, 2.24) is 9.55 Å². The van der Waals surface area contributed by atoms with E-state index in [0.717, 1.165) is 16.7 Å². The van der Waals surface area contributed by atoms with E-state index in [1.807, 2.05) is 78.9 Å². The molecule has 0 spiro atoms. The van der Waals surface area contributed by atoms with Crippen LogP contribution in [0.15, 0.2) is 94.6 Å². The number of nitrogens with zero attached hydrogens (tertiary/aromatic N) is 1. The number of hydrogen-bond acceptors (Lipinski definition) is 8. The molecule has 3 aromatic carbocycles. The molecule has 222 valence electrons. The van der Waals surface area contributed by atoms with Crippen molar-refractivity contribution in [3.63, 3.8) is 0 Å². The molecule has 43 heavy (non-hydrogen) atoms. The second-order valence-corrected chi connectivity index (χ2v) is 9.96. The van der Waals surface area contributed by atoms with Gasteiger partial charge < -0.3 is 29.8 Å². The first-order chi connectivity index (χ1) is 20.9. The minimum atomic E-state index is -1.11. The van der Waals surface area contributed by atoms with E-state index in [1.54, 1.807) is 14.2 Å². The van der Waals surface area contributed by atoms with Crippen molar-refractivity contribution in [2.75, 3.05) is 27.4 Å². The predicted octanol–water partition coefficient (Wildman–Crippen LogP) is 2.52. The van der Waals surface area contributed by atoms with Gasteiger partial charge in [0.2, 0.25) is 0 Å². The van der Waals surface area contributed by atoms with Crippen LogP contribution in [0, 0.1) is 11.8 Å². The maximum Gasteiger partial charge on any atom is 0.330 e. The number of ether oxygens (including phenoxy) is 4. The zero-order valence-corrected chi connectivity index (χ0v) is 23.9. The van der Waals surface area contributed by atoms with E-state index in [4.69, 9.17) is 24.7 Å². The Balaban J connectivity index is 1.52. The molecule has 0 bridgehead atoms. The van der Waals surface area contributed by atoms with E-state index in [2.05, 4.69) is 16.8 Å². The zero-order valence-electron chi connectivity index (χ0n) is 23.9. The summed E-state index contributed by atoms with van der Waals surface area (Å²) in [7, 11) is 3.21. The van der Waals surface area contributed by atoms with Gasteiger partial charge in [-0.1, -0.05) is 66.4 Å². The van der Waals surface area contributed by atoms with E-state index in [0.29, 0.717) is 11.5 Å². The largest absolute Gasteiger partial charge is 0.497 e. The molecule has 10 nitrogen and oxygen atoms in total. The Kier molecular flexibility index (Phi) is 9.09. The van der Waals surface area contributed by atoms with Crippen molar-refractivity contribution in [3.8, 4) is 23.3 Å². The van der Waals surface area contributed by atoms with Crippen molar-refractivity contribution in [1.29, 1.82) is 0 Å². The maximum absolute atomic E-state index is 12.7. The van der Waals surface area contributed by atoms with Crippen LogP contribution in [-0.4, -0.2) is 54.2 Å². The first kappa shape index (κ1) is 29.8. The fourth-order valence-corrected chi connectivity index (χ4v) is 5.25. The molecule has 1 aliphatic rings. The molecular weight excluding hydrogens is 550 g/mol. The Bertz CT molecular complexity index is 1660. The normalized spacial score (nSPS) is 18.1. The van der Waals surface area contributed by atoms with Crippen molar-refractivity contribution >= 4 is 0 Å². The standard InChI is InChI=1S/C33H33N3O7/c1-40-26-14-10-24(11-15-26)33(23-8-4-3-5-9-23,25-12-16-27(41-2)17-13-25)42-21-29-28(37)19-30(43-29)36-20-22(7-6-18-34)31(38)35-32(36)39/h3-5,8-17,20,28-30,37H,18-19,21,34H2,1-2H3,(H,35,38,39)/t28?,29-,30-/m1/s1. The van der Waals surface area contributed by atoms with Crippen LogP contribution in [0.1, 0.15) is 34.9 Å². The zero-order chi connectivity index (χ0) is 30.4. The lowest BCUT2D eigenvalue weighted by Gasteiger charge is -2.37. The van der Waals surface area contributed by atoms with E-state index in [9.17, 15) is 14.7 Å². The topological polar surface area (TPSA) is 138 Å². The Labute approximate surface area is 248 Å². The smallest absolute Gasteiger partial charge is 0.330 e. The number of hydrogen-bond donors (Lipinski definition) is 3. The second-order valence-electron chi connectivity index (χ2n) is 9.96. The van der Waals surface area contributed by atoms with Crippen LogP contribution in [0.25, 0.3) is 0 Å². The van der Waals surface area contributed by atoms with Gasteiger partial charge in [0.25, 0.3) is 5.56 Å². The average Bonchev–Trinajstić information content (AvgIpc) is 3.41. The first-order valence-corrected chi connectivity index (χ1v) is 13.8. The van der Waals surface area contributed by atoms with Gasteiger partial charge in [-0.3, -0.25) is 14.3 Å². The van der Waals surface area contributed by atoms with Gasteiger partial charge >= 0.3 is 5.69 Å². The molecule has 3 atom stereocenters. The Morgan fingerprint density at radius 2 is 1.53 bits per heavy atom. The third-order valence-electron chi connectivity index (χ3n) is 7.44. The molecule has 0 amide bonds. The number of benzene rings is 3. The highest BCUT2D eigenvalue weighted by molar-refractivity contribution is 5.49. The van der Waals surface area contributed by atoms with Gasteiger partial charge in [-0.15, -0.1) is 0 Å². The number of aliphatic hydroxyl groups excluding tert-OH is 1. The highest BCUT2D eigenvalue weighted by Crippen LogP contribution is 2.42. The maximum atomic E-state index is 12.7. The lowest BCUT2D eigenvalue weighted by molar-refractivity contribution is -0.0944. The van der Waals surface area contributed by atoms with Gasteiger partial charge in [0, 0.05) is 12.6 Å². The third-order valence-corrected chi connectivity index (χ3v) is 7.44. The van der Waals surface area contributed by atoms with Gasteiger partial charge in [0.05, 0.1) is 33.5 Å². The number of rotatable bonds is 9. The molecule has 1 unspecified atom stereocenters. The minimum absolute atomic E-state index is 0.0252. The van der Waals surface area contributed by atoms with Crippen molar-refractivity contribution in [3.05, 3.63) is 128 Å². The predicted molar refractivity (Wildman–Crippen MR) is 160 cm³/mol. The van der Waals surface area contributed by atoms with Gasteiger partial charge in [0.1, 0.15) is 35.0 Å². The fourth-order valence-electron chi connectivity index (χ4n) is 5.25. The summed E-state index contributed by atoms with van der Waals surface area (Å²) in [5.41, 5.74) is 5.62. The molecule has 2 heterocycles. The molecule has 0 saturated carbocycles. The second kappa shape index (κ2) is 13.1. The molecule has 10 heteroatoms. The highest BCUT2D eigenvalue weighted by Gasteiger charge is 2.42. The number of aromatic amines is 1. The molecule has 4 aromatic rings. The SMILES string of the molecule is COc1ccc(C(OC[C@H]2O[C@@H](n3cc(C#CCN)c(=O)[nH]c3=O)CC2O)(c2ccccc2)c2ccc(OC)cc2)cc1. The Morgan fingerprint density at radius 1 is 0.953 bits per heavy atom. The summed E-state index contributed by atoms with van der Waals surface area (Å²) in [6, 6.07) is 25.0. The summed E-state index contributed by atoms with van der Waals surface area (Å²) >= 11 is 0. The Morgan fingerprint density at radius 3 is 2.09 bits per heavy atom. The van der Waals surface area contributed by atoms with Crippen LogP contribution >= 0.6 is 0 Å². The summed E-state index contributed by atoms with van der Waals surface area (Å²) in [5.74, 6) is 6.67. The van der Waals surface area contributed by atoms with Crippen molar-refractivity contribution in [2.24, 2.45) is 5.73 Å². The van der Waals surface area contributed by atoms with Crippen molar-refractivity contribution < 1.29 is 24.1 Å². The van der Waals surface area contributed by atoms with Crippen LogP contribution in [0.4, 0.5) is 0 Å². The third kappa shape index (κ3) is 6.11. The number of nitrogens with two attached hydrogens (primary N) is 1. The molecule has 1 fully saturated rings. The summed E-state index contributed by atoms with van der Waals surface area (Å²) < 4.78 is 25.1. The van der Waals surface area contributed by atoms with Crippen LogP contribution in [0.5, 0.6) is 11.5 Å². The van der Waals surface area contributed by atoms with E-state index in [1.165, 1.54) is 10.8 Å².